The van der Waals surface area contributed by atoms with Gasteiger partial charge in [-0.15, -0.1) is 0 Å². The van der Waals surface area contributed by atoms with Gasteiger partial charge in [-0.05, 0) is 43.4 Å². The van der Waals surface area contributed by atoms with Gasteiger partial charge in [0, 0.05) is 56.9 Å². The lowest BCUT2D eigenvalue weighted by Crippen LogP contribution is -2.50. The quantitative estimate of drug-likeness (QED) is 0.844. The Hall–Kier alpha value is -2.60. The zero-order valence-electron chi connectivity index (χ0n) is 14.8. The molecular formula is C19H24N4O2. The molecule has 25 heavy (non-hydrogen) atoms. The third-order valence-corrected chi connectivity index (χ3v) is 4.59. The van der Waals surface area contributed by atoms with Crippen LogP contribution in [0.2, 0.25) is 0 Å². The number of carbonyl (C=O) groups excluding carboxylic acids is 2. The Morgan fingerprint density at radius 3 is 2.20 bits per heavy atom. The Labute approximate surface area is 148 Å². The van der Waals surface area contributed by atoms with E-state index >= 15 is 0 Å². The standard InChI is InChI=1S/C19H24N4O2/c1-20-11-13-23(14-12-20)18(24)15-21(2)19(25)16-5-7-17(8-6-16)22-9-3-4-10-22/h3-10H,11-15H2,1-2H3. The second-order valence-corrected chi connectivity index (χ2v) is 6.48. The molecule has 0 N–H and O–H groups in total. The number of piperazine rings is 1. The molecule has 2 heterocycles. The lowest BCUT2D eigenvalue weighted by molar-refractivity contribution is -0.133. The van der Waals surface area contributed by atoms with Crippen LogP contribution < -0.4 is 0 Å². The van der Waals surface area contributed by atoms with E-state index in [9.17, 15) is 9.59 Å². The number of hydrogen-bond acceptors (Lipinski definition) is 3. The predicted octanol–water partition coefficient (Wildman–Crippen LogP) is 1.32. The summed E-state index contributed by atoms with van der Waals surface area (Å²) in [7, 11) is 3.73. The minimum absolute atomic E-state index is 0.00733. The number of benzene rings is 1. The fraction of sp³-hybridized carbons (Fsp3) is 0.368. The Balaban J connectivity index is 1.59. The van der Waals surface area contributed by atoms with Crippen LogP contribution >= 0.6 is 0 Å². The van der Waals surface area contributed by atoms with Gasteiger partial charge in [-0.25, -0.2) is 0 Å². The summed E-state index contributed by atoms with van der Waals surface area (Å²) in [5.41, 5.74) is 1.59. The molecule has 6 heteroatoms. The molecule has 132 valence electrons. The van der Waals surface area contributed by atoms with E-state index in [0.717, 1.165) is 31.9 Å². The van der Waals surface area contributed by atoms with Gasteiger partial charge in [-0.1, -0.05) is 0 Å². The maximum atomic E-state index is 12.6. The first-order chi connectivity index (χ1) is 12.0. The number of amides is 2. The summed E-state index contributed by atoms with van der Waals surface area (Å²) in [6.07, 6.45) is 3.91. The second-order valence-electron chi connectivity index (χ2n) is 6.48. The molecule has 0 aliphatic carbocycles. The summed E-state index contributed by atoms with van der Waals surface area (Å²) in [5.74, 6) is -0.130. The molecule has 1 aliphatic heterocycles. The normalized spacial score (nSPS) is 15.2. The summed E-state index contributed by atoms with van der Waals surface area (Å²) in [4.78, 5) is 30.4. The smallest absolute Gasteiger partial charge is 0.254 e. The van der Waals surface area contributed by atoms with Crippen molar-refractivity contribution in [2.45, 2.75) is 0 Å². The summed E-state index contributed by atoms with van der Waals surface area (Å²) < 4.78 is 1.98. The van der Waals surface area contributed by atoms with Gasteiger partial charge < -0.3 is 19.3 Å². The molecule has 3 rings (SSSR count). The summed E-state index contributed by atoms with van der Waals surface area (Å²) >= 11 is 0. The van der Waals surface area contributed by atoms with Crippen molar-refractivity contribution in [3.8, 4) is 5.69 Å². The molecule has 2 amide bonds. The van der Waals surface area contributed by atoms with Crippen molar-refractivity contribution in [1.82, 2.24) is 19.3 Å². The Morgan fingerprint density at radius 1 is 1.00 bits per heavy atom. The van der Waals surface area contributed by atoms with E-state index < -0.39 is 0 Å². The molecule has 1 saturated heterocycles. The van der Waals surface area contributed by atoms with Crippen LogP contribution in [-0.2, 0) is 4.79 Å². The maximum Gasteiger partial charge on any atom is 0.254 e. The number of nitrogens with zero attached hydrogens (tertiary/aromatic N) is 4. The van der Waals surface area contributed by atoms with Crippen molar-refractivity contribution in [3.05, 3.63) is 54.4 Å². The number of likely N-dealkylation sites (N-methyl/N-ethyl adjacent to an activating group) is 2. The minimum atomic E-state index is -0.137. The van der Waals surface area contributed by atoms with Gasteiger partial charge in [-0.2, -0.15) is 0 Å². The number of aromatic nitrogens is 1. The molecule has 1 fully saturated rings. The molecule has 0 saturated carbocycles. The van der Waals surface area contributed by atoms with Crippen molar-refractivity contribution in [2.75, 3.05) is 46.8 Å². The predicted molar refractivity (Wildman–Crippen MR) is 96.8 cm³/mol. The van der Waals surface area contributed by atoms with Crippen molar-refractivity contribution < 1.29 is 9.59 Å². The molecule has 1 aliphatic rings. The van der Waals surface area contributed by atoms with Crippen LogP contribution in [0.25, 0.3) is 5.69 Å². The van der Waals surface area contributed by atoms with E-state index in [1.807, 2.05) is 46.1 Å². The van der Waals surface area contributed by atoms with Crippen LogP contribution in [-0.4, -0.2) is 77.9 Å². The van der Waals surface area contributed by atoms with Crippen LogP contribution in [0, 0.1) is 0 Å². The van der Waals surface area contributed by atoms with E-state index in [2.05, 4.69) is 11.9 Å². The number of carbonyl (C=O) groups is 2. The van der Waals surface area contributed by atoms with Crippen LogP contribution in [0.4, 0.5) is 0 Å². The molecule has 1 aromatic heterocycles. The van der Waals surface area contributed by atoms with E-state index in [4.69, 9.17) is 0 Å². The van der Waals surface area contributed by atoms with Crippen LogP contribution in [0.1, 0.15) is 10.4 Å². The SMILES string of the molecule is CN1CCN(C(=O)CN(C)C(=O)c2ccc(-n3cccc3)cc2)CC1. The zero-order valence-corrected chi connectivity index (χ0v) is 14.8. The molecule has 0 unspecified atom stereocenters. The van der Waals surface area contributed by atoms with Gasteiger partial charge in [-0.3, -0.25) is 9.59 Å². The number of hydrogen-bond donors (Lipinski definition) is 0. The molecule has 0 atom stereocenters. The van der Waals surface area contributed by atoms with Crippen molar-refractivity contribution in [3.63, 3.8) is 0 Å². The van der Waals surface area contributed by atoms with Gasteiger partial charge >= 0.3 is 0 Å². The van der Waals surface area contributed by atoms with Gasteiger partial charge in [0.25, 0.3) is 5.91 Å². The molecule has 2 aromatic rings. The molecule has 0 radical (unpaired) electrons. The highest BCUT2D eigenvalue weighted by molar-refractivity contribution is 5.96. The van der Waals surface area contributed by atoms with Crippen LogP contribution in [0.15, 0.2) is 48.8 Å². The molecule has 0 spiro atoms. The van der Waals surface area contributed by atoms with Gasteiger partial charge in [0.1, 0.15) is 0 Å². The third kappa shape index (κ3) is 4.09. The average molecular weight is 340 g/mol. The maximum absolute atomic E-state index is 12.6. The zero-order chi connectivity index (χ0) is 17.8. The molecule has 6 nitrogen and oxygen atoms in total. The highest BCUT2D eigenvalue weighted by atomic mass is 16.2. The van der Waals surface area contributed by atoms with E-state index in [0.29, 0.717) is 5.56 Å². The summed E-state index contributed by atoms with van der Waals surface area (Å²) in [6, 6.07) is 11.3. The highest BCUT2D eigenvalue weighted by Crippen LogP contribution is 2.12. The first kappa shape index (κ1) is 17.2. The third-order valence-electron chi connectivity index (χ3n) is 4.59. The lowest BCUT2D eigenvalue weighted by Gasteiger charge is -2.33. The van der Waals surface area contributed by atoms with E-state index in [1.54, 1.807) is 19.2 Å². The van der Waals surface area contributed by atoms with Crippen molar-refractivity contribution >= 4 is 11.8 Å². The van der Waals surface area contributed by atoms with Crippen molar-refractivity contribution in [2.24, 2.45) is 0 Å². The minimum Gasteiger partial charge on any atom is -0.339 e. The summed E-state index contributed by atoms with van der Waals surface area (Å²) in [6.45, 7) is 3.32. The Bertz CT molecular complexity index is 716. The fourth-order valence-electron chi connectivity index (χ4n) is 2.93. The molecule has 0 bridgehead atoms. The van der Waals surface area contributed by atoms with Crippen LogP contribution in [0.3, 0.4) is 0 Å². The van der Waals surface area contributed by atoms with Gasteiger partial charge in [0.05, 0.1) is 6.54 Å². The highest BCUT2D eigenvalue weighted by Gasteiger charge is 2.22. The largest absolute Gasteiger partial charge is 0.339 e. The van der Waals surface area contributed by atoms with Crippen LogP contribution in [0.5, 0.6) is 0 Å². The Kier molecular flexibility index (Phi) is 5.19. The Morgan fingerprint density at radius 2 is 1.60 bits per heavy atom. The first-order valence-electron chi connectivity index (χ1n) is 8.50. The topological polar surface area (TPSA) is 48.8 Å². The van der Waals surface area contributed by atoms with E-state index in [1.165, 1.54) is 4.90 Å². The van der Waals surface area contributed by atoms with E-state index in [-0.39, 0.29) is 18.4 Å². The lowest BCUT2D eigenvalue weighted by atomic mass is 10.2. The van der Waals surface area contributed by atoms with Gasteiger partial charge in [0.15, 0.2) is 0 Å². The number of rotatable bonds is 4. The molecular weight excluding hydrogens is 316 g/mol. The first-order valence-corrected chi connectivity index (χ1v) is 8.50. The fourth-order valence-corrected chi connectivity index (χ4v) is 2.93. The monoisotopic (exact) mass is 340 g/mol. The average Bonchev–Trinajstić information content (AvgIpc) is 3.16. The van der Waals surface area contributed by atoms with Crippen molar-refractivity contribution in [1.29, 1.82) is 0 Å². The van der Waals surface area contributed by atoms with Gasteiger partial charge in [0.2, 0.25) is 5.91 Å². The second kappa shape index (κ2) is 7.53. The molecule has 1 aromatic carbocycles. The summed E-state index contributed by atoms with van der Waals surface area (Å²) in [5, 5.41) is 0.